The summed E-state index contributed by atoms with van der Waals surface area (Å²) in [6, 6.07) is 16.9. The van der Waals surface area contributed by atoms with Crippen LogP contribution in [0.1, 0.15) is 12.0 Å². The molecule has 1 atom stereocenters. The summed E-state index contributed by atoms with van der Waals surface area (Å²) in [6.07, 6.45) is -1.33. The predicted octanol–water partition coefficient (Wildman–Crippen LogP) is 5.92. The van der Waals surface area contributed by atoms with Gasteiger partial charge in [-0.2, -0.15) is 0 Å². The number of nitrogens with zero attached hydrogens (tertiary/aromatic N) is 1. The monoisotopic (exact) mass is 651 g/mol. The molecule has 0 saturated carbocycles. The van der Waals surface area contributed by atoms with Gasteiger partial charge in [-0.1, -0.05) is 42.5 Å². The van der Waals surface area contributed by atoms with E-state index in [2.05, 4.69) is 0 Å². The fraction of sp³-hybridized carbons (Fsp3) is 0.310. The van der Waals surface area contributed by atoms with E-state index in [1.807, 2.05) is 6.07 Å². The molecule has 14 heteroatoms. The summed E-state index contributed by atoms with van der Waals surface area (Å²) >= 11 is 11.6. The average Bonchev–Trinajstić information content (AvgIpc) is 3.03. The Kier molecular flexibility index (Phi) is 12.5. The second-order valence-electron chi connectivity index (χ2n) is 8.57. The first-order valence-corrected chi connectivity index (χ1v) is 15.2. The zero-order chi connectivity index (χ0) is 31.4. The normalized spacial score (nSPS) is 11.7. The quantitative estimate of drug-likeness (QED) is 0.113. The van der Waals surface area contributed by atoms with Crippen molar-refractivity contribution in [2.75, 3.05) is 34.3 Å². The number of alkyl halides is 1. The minimum absolute atomic E-state index is 0.0328. The molecule has 1 amide bonds. The highest BCUT2D eigenvalue weighted by molar-refractivity contribution is 7.97. The molecule has 0 spiro atoms. The molecule has 0 heterocycles. The molecule has 0 aliphatic rings. The van der Waals surface area contributed by atoms with Gasteiger partial charge < -0.3 is 38.3 Å². The van der Waals surface area contributed by atoms with Crippen LogP contribution >= 0.6 is 19.0 Å². The summed E-state index contributed by atoms with van der Waals surface area (Å²) in [4.78, 5) is 27.5. The molecule has 3 aromatic rings. The van der Waals surface area contributed by atoms with Gasteiger partial charge >= 0.3 is 17.7 Å². The van der Waals surface area contributed by atoms with Crippen LogP contribution < -0.4 is 28.4 Å². The Labute approximate surface area is 260 Å². The first-order valence-electron chi connectivity index (χ1n) is 12.7. The van der Waals surface area contributed by atoms with E-state index in [9.17, 15) is 14.7 Å². The van der Waals surface area contributed by atoms with Gasteiger partial charge in [-0.15, -0.1) is 11.6 Å². The van der Waals surface area contributed by atoms with Gasteiger partial charge in [0.2, 0.25) is 11.5 Å². The molecule has 0 fully saturated rings. The van der Waals surface area contributed by atoms with Crippen molar-refractivity contribution in [2.24, 2.45) is 0 Å². The molecule has 0 radical (unpaired) electrons. The van der Waals surface area contributed by atoms with Gasteiger partial charge in [-0.25, -0.2) is 14.5 Å². The number of halogens is 1. The highest BCUT2D eigenvalue weighted by atomic mass is 35.5. The Morgan fingerprint density at radius 3 is 1.67 bits per heavy atom. The highest BCUT2D eigenvalue weighted by Gasteiger charge is 2.53. The largest absolute Gasteiger partial charge is 0.493 e. The molecule has 1 N–H and O–H groups in total. The number of ether oxygens (including phenoxy) is 7. The molecule has 43 heavy (non-hydrogen) atoms. The van der Waals surface area contributed by atoms with Crippen molar-refractivity contribution in [3.63, 3.8) is 0 Å². The zero-order valence-corrected chi connectivity index (χ0v) is 26.3. The number of carboxylic acids is 1. The topological polar surface area (TPSA) is 122 Å². The minimum Gasteiger partial charge on any atom is -0.493 e. The van der Waals surface area contributed by atoms with Gasteiger partial charge in [-0.05, 0) is 48.1 Å². The molecule has 0 aliphatic carbocycles. The third-order valence-corrected chi connectivity index (χ3v) is 7.58. The van der Waals surface area contributed by atoms with Crippen molar-refractivity contribution in [2.45, 2.75) is 24.7 Å². The van der Waals surface area contributed by atoms with Gasteiger partial charge in [0.15, 0.2) is 23.0 Å². The summed E-state index contributed by atoms with van der Waals surface area (Å²) in [5.74, 6) is -0.894. The number of methoxy groups -OCH3 is 4. The Morgan fingerprint density at radius 2 is 1.30 bits per heavy atom. The molecule has 0 aliphatic heterocycles. The predicted molar refractivity (Wildman–Crippen MR) is 163 cm³/mol. The molecular weight excluding hydrogens is 621 g/mol. The first-order chi connectivity index (χ1) is 20.8. The van der Waals surface area contributed by atoms with Crippen molar-refractivity contribution in [1.82, 2.24) is 4.90 Å². The van der Waals surface area contributed by atoms with Crippen molar-refractivity contribution >= 4 is 42.8 Å². The fourth-order valence-electron chi connectivity index (χ4n) is 4.00. The molecule has 3 aromatic carbocycles. The molecule has 0 saturated heterocycles. The van der Waals surface area contributed by atoms with Crippen LogP contribution in [-0.2, 0) is 27.9 Å². The lowest BCUT2D eigenvalue weighted by molar-refractivity contribution is -0.174. The lowest BCUT2D eigenvalue weighted by Crippen LogP contribution is -2.62. The van der Waals surface area contributed by atoms with E-state index in [-0.39, 0.29) is 60.8 Å². The maximum absolute atomic E-state index is 14.0. The lowest BCUT2D eigenvalue weighted by atomic mass is 10.2. The number of amides is 1. The average molecular weight is 652 g/mol. The standard InChI is InChI=1S/C29H31ClNO10PS/c1-35-21-12-8-13-22(36-2)25(21)40-29(42-43,41-26-23(37-3)14-9-15-24(26)38-4)31(20(16-17-30)27(32)33)28(34)39-18-19-10-6-5-7-11-19/h5-15,20H,16-18H2,1-4H3,(H,32,33). The molecule has 0 bridgehead atoms. The number of hydrogen-bond donors (Lipinski definition) is 1. The first kappa shape index (κ1) is 33.5. The number of benzene rings is 3. The summed E-state index contributed by atoms with van der Waals surface area (Å²) in [6.45, 7) is -0.191. The SMILES string of the molecule is COc1cccc(OC)c1OC(Oc1c(OC)cccc1OC)(P=S)N(C(=O)OCc1ccccc1)C(CCCl)C(=O)O. The number of carbonyl (C=O) groups excluding carboxylic acids is 1. The summed E-state index contributed by atoms with van der Waals surface area (Å²) in [5, 5.41) is 10.3. The van der Waals surface area contributed by atoms with Gasteiger partial charge in [0.1, 0.15) is 12.6 Å². The second kappa shape index (κ2) is 16.0. The number of para-hydroxylation sites is 2. The Balaban J connectivity index is 2.31. The molecule has 3 rings (SSSR count). The molecule has 230 valence electrons. The van der Waals surface area contributed by atoms with Crippen LogP contribution in [-0.4, -0.2) is 68.1 Å². The van der Waals surface area contributed by atoms with Gasteiger partial charge in [0.05, 0.1) is 35.8 Å². The van der Waals surface area contributed by atoms with Crippen molar-refractivity contribution < 1.29 is 47.9 Å². The van der Waals surface area contributed by atoms with Crippen LogP contribution in [0.4, 0.5) is 4.79 Å². The van der Waals surface area contributed by atoms with E-state index in [1.165, 1.54) is 28.4 Å². The lowest BCUT2D eigenvalue weighted by Gasteiger charge is -2.41. The van der Waals surface area contributed by atoms with Gasteiger partial charge in [-0.3, -0.25) is 0 Å². The summed E-state index contributed by atoms with van der Waals surface area (Å²) in [5.41, 5.74) is -1.76. The molecule has 11 nitrogen and oxygen atoms in total. The smallest absolute Gasteiger partial charge is 0.417 e. The van der Waals surface area contributed by atoms with E-state index in [4.69, 9.17) is 56.6 Å². The van der Waals surface area contributed by atoms with Crippen LogP contribution in [0.2, 0.25) is 0 Å². The van der Waals surface area contributed by atoms with E-state index in [0.29, 0.717) is 5.56 Å². The molecular formula is C29H31ClNO10PS. The number of rotatable bonds is 16. The van der Waals surface area contributed by atoms with E-state index >= 15 is 0 Å². The van der Waals surface area contributed by atoms with Gasteiger partial charge in [0, 0.05) is 5.88 Å². The second-order valence-corrected chi connectivity index (χ2v) is 10.2. The Morgan fingerprint density at radius 1 is 0.837 bits per heavy atom. The van der Waals surface area contributed by atoms with Gasteiger partial charge in [0.25, 0.3) is 0 Å². The minimum atomic E-state index is -2.41. The van der Waals surface area contributed by atoms with Crippen molar-refractivity contribution in [3.8, 4) is 34.5 Å². The number of carbonyl (C=O) groups is 2. The third kappa shape index (κ3) is 7.90. The Bertz CT molecular complexity index is 1290. The fourth-order valence-corrected chi connectivity index (χ4v) is 5.26. The molecule has 0 aromatic heterocycles. The number of carboxylic acid groups (broad SMARTS) is 1. The van der Waals surface area contributed by atoms with Crippen LogP contribution in [0.25, 0.3) is 0 Å². The number of hydrogen-bond acceptors (Lipinski definition) is 10. The van der Waals surface area contributed by atoms with Crippen LogP contribution in [0.5, 0.6) is 34.5 Å². The van der Waals surface area contributed by atoms with E-state index < -0.39 is 23.8 Å². The van der Waals surface area contributed by atoms with E-state index in [0.717, 1.165) is 4.90 Å². The van der Waals surface area contributed by atoms with Crippen LogP contribution in [0.3, 0.4) is 0 Å². The van der Waals surface area contributed by atoms with Crippen LogP contribution in [0, 0.1) is 0 Å². The summed E-state index contributed by atoms with van der Waals surface area (Å²) < 4.78 is 40.5. The van der Waals surface area contributed by atoms with Crippen LogP contribution in [0.15, 0.2) is 66.7 Å². The number of aliphatic carboxylic acids is 1. The highest BCUT2D eigenvalue weighted by Crippen LogP contribution is 2.48. The van der Waals surface area contributed by atoms with E-state index in [1.54, 1.807) is 60.7 Å². The van der Waals surface area contributed by atoms with Crippen molar-refractivity contribution in [3.05, 3.63) is 72.3 Å². The third-order valence-electron chi connectivity index (χ3n) is 6.04. The zero-order valence-electron chi connectivity index (χ0n) is 23.9. The van der Waals surface area contributed by atoms with Crippen molar-refractivity contribution in [1.29, 1.82) is 0 Å². The maximum atomic E-state index is 14.0. The molecule has 1 unspecified atom stereocenters. The summed E-state index contributed by atoms with van der Waals surface area (Å²) in [7, 11) is 5.39. The maximum Gasteiger partial charge on any atom is 0.417 e. The Hall–Kier alpha value is -3.99.